The topological polar surface area (TPSA) is 51.5 Å². The van der Waals surface area contributed by atoms with E-state index < -0.39 is 0 Å². The minimum Gasteiger partial charge on any atom is -0.485 e. The number of amides is 1. The third-order valence-electron chi connectivity index (χ3n) is 3.30. The summed E-state index contributed by atoms with van der Waals surface area (Å²) in [6.07, 6.45) is 2.11. The first-order valence-corrected chi connectivity index (χ1v) is 7.28. The zero-order valence-electron chi connectivity index (χ0n) is 11.7. The van der Waals surface area contributed by atoms with Gasteiger partial charge in [0.15, 0.2) is 5.76 Å². The molecule has 1 N–H and O–H groups in total. The quantitative estimate of drug-likeness (QED) is 0.916. The van der Waals surface area contributed by atoms with Gasteiger partial charge in [-0.15, -0.1) is 0 Å². The zero-order chi connectivity index (χ0) is 14.8. The van der Waals surface area contributed by atoms with Crippen LogP contribution in [-0.2, 0) is 6.61 Å². The molecule has 0 unspecified atom stereocenters. The van der Waals surface area contributed by atoms with E-state index >= 15 is 0 Å². The van der Waals surface area contributed by atoms with E-state index in [4.69, 9.17) is 20.8 Å². The molecular weight excluding hydrogens is 290 g/mol. The molecular formula is C16H16ClNO3. The SMILES string of the molecule is Cc1cc(Cl)ccc1OCc1ccc(C(=O)NC2CC2)o1. The van der Waals surface area contributed by atoms with E-state index in [1.54, 1.807) is 18.2 Å². The van der Waals surface area contributed by atoms with Gasteiger partial charge in [-0.25, -0.2) is 0 Å². The zero-order valence-corrected chi connectivity index (χ0v) is 12.4. The number of carbonyl (C=O) groups excluding carboxylic acids is 1. The number of furan rings is 1. The number of nitrogens with one attached hydrogen (secondary N) is 1. The molecule has 0 bridgehead atoms. The second kappa shape index (κ2) is 5.82. The van der Waals surface area contributed by atoms with E-state index in [1.165, 1.54) is 0 Å². The maximum atomic E-state index is 11.8. The standard InChI is InChI=1S/C16H16ClNO3/c1-10-8-11(17)2-6-14(10)20-9-13-5-7-15(21-13)16(19)18-12-3-4-12/h2,5-8,12H,3-4,9H2,1H3,(H,18,19). The maximum absolute atomic E-state index is 11.8. The highest BCUT2D eigenvalue weighted by Crippen LogP contribution is 2.23. The van der Waals surface area contributed by atoms with E-state index in [-0.39, 0.29) is 12.5 Å². The molecule has 2 aromatic rings. The number of carbonyl (C=O) groups is 1. The molecule has 1 aliphatic rings. The lowest BCUT2D eigenvalue weighted by molar-refractivity contribution is 0.0919. The van der Waals surface area contributed by atoms with Crippen LogP contribution in [0.4, 0.5) is 0 Å². The summed E-state index contributed by atoms with van der Waals surface area (Å²) in [6.45, 7) is 2.21. The van der Waals surface area contributed by atoms with Gasteiger partial charge in [-0.2, -0.15) is 0 Å². The Morgan fingerprint density at radius 1 is 1.38 bits per heavy atom. The molecule has 1 heterocycles. The molecule has 0 spiro atoms. The smallest absolute Gasteiger partial charge is 0.287 e. The Balaban J connectivity index is 1.60. The van der Waals surface area contributed by atoms with E-state index in [0.717, 1.165) is 24.2 Å². The van der Waals surface area contributed by atoms with Crippen molar-refractivity contribution >= 4 is 17.5 Å². The van der Waals surface area contributed by atoms with Crippen molar-refractivity contribution in [2.45, 2.75) is 32.4 Å². The first-order valence-electron chi connectivity index (χ1n) is 6.90. The molecule has 21 heavy (non-hydrogen) atoms. The number of hydrogen-bond donors (Lipinski definition) is 1. The molecule has 0 saturated heterocycles. The fourth-order valence-corrected chi connectivity index (χ4v) is 2.21. The van der Waals surface area contributed by atoms with Crippen LogP contribution in [0.3, 0.4) is 0 Å². The van der Waals surface area contributed by atoms with E-state index in [1.807, 2.05) is 19.1 Å². The number of halogens is 1. The number of hydrogen-bond acceptors (Lipinski definition) is 3. The molecule has 1 aromatic carbocycles. The fourth-order valence-electron chi connectivity index (χ4n) is 1.99. The largest absolute Gasteiger partial charge is 0.485 e. The van der Waals surface area contributed by atoms with Crippen LogP contribution < -0.4 is 10.1 Å². The minimum atomic E-state index is -0.161. The lowest BCUT2D eigenvalue weighted by Crippen LogP contribution is -2.24. The van der Waals surface area contributed by atoms with Crippen molar-refractivity contribution < 1.29 is 13.9 Å². The molecule has 0 radical (unpaired) electrons. The van der Waals surface area contributed by atoms with Crippen molar-refractivity contribution in [3.05, 3.63) is 52.4 Å². The monoisotopic (exact) mass is 305 g/mol. The predicted molar refractivity (Wildman–Crippen MR) is 79.7 cm³/mol. The summed E-state index contributed by atoms with van der Waals surface area (Å²) in [5.41, 5.74) is 0.959. The fraction of sp³-hybridized carbons (Fsp3) is 0.312. The highest BCUT2D eigenvalue weighted by Gasteiger charge is 2.25. The van der Waals surface area contributed by atoms with Crippen LogP contribution in [0.5, 0.6) is 5.75 Å². The third-order valence-corrected chi connectivity index (χ3v) is 3.54. The van der Waals surface area contributed by atoms with E-state index in [0.29, 0.717) is 22.6 Å². The molecule has 4 nitrogen and oxygen atoms in total. The first kappa shape index (κ1) is 14.0. The van der Waals surface area contributed by atoms with Gasteiger partial charge in [0.2, 0.25) is 0 Å². The van der Waals surface area contributed by atoms with Crippen LogP contribution in [0.25, 0.3) is 0 Å². The summed E-state index contributed by atoms with van der Waals surface area (Å²) in [7, 11) is 0. The average molecular weight is 306 g/mol. The van der Waals surface area contributed by atoms with Gasteiger partial charge >= 0.3 is 0 Å². The van der Waals surface area contributed by atoms with Gasteiger partial charge in [0, 0.05) is 11.1 Å². The van der Waals surface area contributed by atoms with Crippen molar-refractivity contribution in [3.8, 4) is 5.75 Å². The van der Waals surface area contributed by atoms with Crippen molar-refractivity contribution in [3.63, 3.8) is 0 Å². The molecule has 1 fully saturated rings. The third kappa shape index (κ3) is 3.58. The Hall–Kier alpha value is -1.94. The molecule has 1 aromatic heterocycles. The highest BCUT2D eigenvalue weighted by atomic mass is 35.5. The van der Waals surface area contributed by atoms with Crippen molar-refractivity contribution in [2.24, 2.45) is 0 Å². The van der Waals surface area contributed by atoms with Crippen LogP contribution in [-0.4, -0.2) is 11.9 Å². The van der Waals surface area contributed by atoms with E-state index in [2.05, 4.69) is 5.32 Å². The van der Waals surface area contributed by atoms with Crippen LogP contribution in [0, 0.1) is 6.92 Å². The highest BCUT2D eigenvalue weighted by molar-refractivity contribution is 6.30. The molecule has 0 aliphatic heterocycles. The van der Waals surface area contributed by atoms with Crippen LogP contribution in [0.2, 0.25) is 5.02 Å². The molecule has 1 aliphatic carbocycles. The van der Waals surface area contributed by atoms with Crippen molar-refractivity contribution in [1.29, 1.82) is 0 Å². The number of aryl methyl sites for hydroxylation is 1. The lowest BCUT2D eigenvalue weighted by Gasteiger charge is -2.07. The summed E-state index contributed by atoms with van der Waals surface area (Å²) < 4.78 is 11.2. The van der Waals surface area contributed by atoms with Crippen LogP contribution >= 0.6 is 11.6 Å². The normalized spacial score (nSPS) is 14.0. The first-order chi connectivity index (χ1) is 10.1. The van der Waals surface area contributed by atoms with Crippen LogP contribution in [0.1, 0.15) is 34.7 Å². The summed E-state index contributed by atoms with van der Waals surface area (Å²) in [5, 5.41) is 3.56. The van der Waals surface area contributed by atoms with E-state index in [9.17, 15) is 4.79 Å². The lowest BCUT2D eigenvalue weighted by atomic mass is 10.2. The van der Waals surface area contributed by atoms with Gasteiger partial charge in [0.05, 0.1) is 0 Å². The summed E-state index contributed by atoms with van der Waals surface area (Å²) in [6, 6.07) is 9.19. The molecule has 5 heteroatoms. The van der Waals surface area contributed by atoms with Gasteiger partial charge in [-0.1, -0.05) is 11.6 Å². The molecule has 110 valence electrons. The molecule has 3 rings (SSSR count). The Bertz CT molecular complexity index is 661. The average Bonchev–Trinajstić information content (AvgIpc) is 3.13. The molecule has 1 saturated carbocycles. The number of benzene rings is 1. The van der Waals surface area contributed by atoms with Gasteiger partial charge in [-0.3, -0.25) is 4.79 Å². The maximum Gasteiger partial charge on any atom is 0.287 e. The number of ether oxygens (including phenoxy) is 1. The second-order valence-corrected chi connectivity index (χ2v) is 5.65. The minimum absolute atomic E-state index is 0.161. The van der Waals surface area contributed by atoms with Gasteiger partial charge < -0.3 is 14.5 Å². The Morgan fingerprint density at radius 3 is 2.90 bits per heavy atom. The Morgan fingerprint density at radius 2 is 2.19 bits per heavy atom. The Kier molecular flexibility index (Phi) is 3.88. The number of rotatable bonds is 5. The molecule has 1 amide bonds. The molecule has 0 atom stereocenters. The van der Waals surface area contributed by atoms with Crippen molar-refractivity contribution in [2.75, 3.05) is 0 Å². The van der Waals surface area contributed by atoms with Gasteiger partial charge in [0.1, 0.15) is 18.1 Å². The predicted octanol–water partition coefficient (Wildman–Crippen LogP) is 3.71. The van der Waals surface area contributed by atoms with Crippen LogP contribution in [0.15, 0.2) is 34.7 Å². The Labute approximate surface area is 128 Å². The second-order valence-electron chi connectivity index (χ2n) is 5.21. The van der Waals surface area contributed by atoms with Gasteiger partial charge in [0.25, 0.3) is 5.91 Å². The summed E-state index contributed by atoms with van der Waals surface area (Å²) >= 11 is 5.90. The van der Waals surface area contributed by atoms with Gasteiger partial charge in [-0.05, 0) is 55.7 Å². The van der Waals surface area contributed by atoms with Crippen molar-refractivity contribution in [1.82, 2.24) is 5.32 Å². The summed E-state index contributed by atoms with van der Waals surface area (Å²) in [4.78, 5) is 11.8. The summed E-state index contributed by atoms with van der Waals surface area (Å²) in [5.74, 6) is 1.53.